The lowest BCUT2D eigenvalue weighted by Gasteiger charge is -2.35. The third-order valence-corrected chi connectivity index (χ3v) is 10.3. The number of rotatable bonds is 4. The molecule has 0 bridgehead atoms. The van der Waals surface area contributed by atoms with Crippen LogP contribution >= 0.6 is 20.1 Å². The summed E-state index contributed by atoms with van der Waals surface area (Å²) >= 11 is 0. The smallest absolute Gasteiger partial charge is 0.213 e. The van der Waals surface area contributed by atoms with E-state index in [1.165, 1.54) is 15.5 Å². The summed E-state index contributed by atoms with van der Waals surface area (Å²) in [6.07, 6.45) is 16.5. The summed E-state index contributed by atoms with van der Waals surface area (Å²) in [5.74, 6) is -0.0458. The van der Waals surface area contributed by atoms with Gasteiger partial charge in [-0.1, -0.05) is 19.6 Å². The number of halogens is 1. The van der Waals surface area contributed by atoms with Gasteiger partial charge in [0.2, 0.25) is 5.69 Å². The standard InChI is InChI=1S/C22H37FNS2Si/c1-16-12-18(23)22(27(9,10)11)13-17(16)19-14-20(25(3,4)5)21(15-24(19)2)26(6,7)8/h12-15H,1-11H3/q+1. The summed E-state index contributed by atoms with van der Waals surface area (Å²) in [5.41, 5.74) is 3.37. The summed E-state index contributed by atoms with van der Waals surface area (Å²) in [5, 5.41) is 0.915. The molecule has 1 nitrogen and oxygen atoms in total. The molecule has 152 valence electrons. The number of aryl methyl sites for hydroxylation is 2. The highest BCUT2D eigenvalue weighted by Crippen LogP contribution is 2.57. The molecule has 5 heteroatoms. The molecule has 1 aromatic carbocycles. The van der Waals surface area contributed by atoms with Gasteiger partial charge in [-0.15, -0.1) is 0 Å². The van der Waals surface area contributed by atoms with Crippen LogP contribution in [0.5, 0.6) is 0 Å². The fraction of sp³-hybridized carbons (Fsp3) is 0.500. The van der Waals surface area contributed by atoms with Crippen LogP contribution in [0.25, 0.3) is 11.3 Å². The Morgan fingerprint density at radius 1 is 0.852 bits per heavy atom. The number of hydrogen-bond donors (Lipinski definition) is 0. The lowest BCUT2D eigenvalue weighted by atomic mass is 10.0. The van der Waals surface area contributed by atoms with Crippen LogP contribution in [-0.2, 0) is 7.05 Å². The van der Waals surface area contributed by atoms with Crippen molar-refractivity contribution >= 4 is 33.3 Å². The van der Waals surface area contributed by atoms with Crippen LogP contribution in [0.2, 0.25) is 19.6 Å². The minimum Gasteiger partial charge on any atom is -0.222 e. The largest absolute Gasteiger partial charge is 0.222 e. The highest BCUT2D eigenvalue weighted by atomic mass is 32.3. The molecule has 0 aliphatic heterocycles. The van der Waals surface area contributed by atoms with Gasteiger partial charge in [-0.2, -0.15) is 4.57 Å². The Bertz CT molecular complexity index is 872. The number of hydrogen-bond acceptors (Lipinski definition) is 0. The maximum absolute atomic E-state index is 14.7. The maximum atomic E-state index is 14.7. The molecule has 0 spiro atoms. The van der Waals surface area contributed by atoms with Gasteiger partial charge < -0.3 is 0 Å². The van der Waals surface area contributed by atoms with Crippen molar-refractivity contribution in [3.05, 3.63) is 35.8 Å². The van der Waals surface area contributed by atoms with Crippen LogP contribution in [0, 0.1) is 12.7 Å². The Labute approximate surface area is 170 Å². The Morgan fingerprint density at radius 2 is 1.37 bits per heavy atom. The third-order valence-electron chi connectivity index (χ3n) is 4.92. The summed E-state index contributed by atoms with van der Waals surface area (Å²) < 4.78 is 16.9. The van der Waals surface area contributed by atoms with Gasteiger partial charge in [0.1, 0.15) is 12.9 Å². The van der Waals surface area contributed by atoms with Gasteiger partial charge in [-0.3, -0.25) is 0 Å². The summed E-state index contributed by atoms with van der Waals surface area (Å²) in [4.78, 5) is 2.97. The molecule has 0 unspecified atom stereocenters. The van der Waals surface area contributed by atoms with Crippen LogP contribution in [-0.4, -0.2) is 45.6 Å². The first-order chi connectivity index (χ1) is 12.0. The molecule has 0 aliphatic rings. The first-order valence-electron chi connectivity index (χ1n) is 9.25. The van der Waals surface area contributed by atoms with Gasteiger partial charge >= 0.3 is 0 Å². The monoisotopic (exact) mass is 426 g/mol. The van der Waals surface area contributed by atoms with Gasteiger partial charge in [0, 0.05) is 16.5 Å². The van der Waals surface area contributed by atoms with Crippen molar-refractivity contribution in [3.63, 3.8) is 0 Å². The normalized spacial score (nSPS) is 14.4. The number of nitrogens with zero attached hydrogens (tertiary/aromatic N) is 1. The fourth-order valence-electron chi connectivity index (χ4n) is 3.34. The SMILES string of the molecule is Cc1cc(F)c([Si](C)(C)C)cc1-c1cc(S(C)(C)C)c(S(C)(C)C)c[n+]1C. The second-order valence-corrected chi connectivity index (χ2v) is 23.3. The van der Waals surface area contributed by atoms with Crippen molar-refractivity contribution < 1.29 is 8.96 Å². The van der Waals surface area contributed by atoms with Crippen molar-refractivity contribution in [2.75, 3.05) is 37.5 Å². The molecule has 0 fully saturated rings. The van der Waals surface area contributed by atoms with Crippen LogP contribution in [0.1, 0.15) is 5.56 Å². The first kappa shape index (κ1) is 22.5. The highest BCUT2D eigenvalue weighted by molar-refractivity contribution is 8.34. The van der Waals surface area contributed by atoms with Crippen molar-refractivity contribution in [1.29, 1.82) is 0 Å². The molecule has 0 aliphatic carbocycles. The predicted molar refractivity (Wildman–Crippen MR) is 128 cm³/mol. The minimum absolute atomic E-state index is 0.0458. The lowest BCUT2D eigenvalue weighted by Crippen LogP contribution is -2.41. The van der Waals surface area contributed by atoms with Crippen LogP contribution in [0.15, 0.2) is 34.2 Å². The molecule has 27 heavy (non-hydrogen) atoms. The summed E-state index contributed by atoms with van der Waals surface area (Å²) in [6.45, 7) is 8.66. The number of pyridine rings is 1. The Kier molecular flexibility index (Phi) is 6.03. The van der Waals surface area contributed by atoms with E-state index in [0.717, 1.165) is 16.3 Å². The molecular weight excluding hydrogens is 389 g/mol. The summed E-state index contributed by atoms with van der Waals surface area (Å²) in [6, 6.07) is 6.24. The molecule has 2 rings (SSSR count). The van der Waals surface area contributed by atoms with E-state index in [2.05, 4.69) is 87.1 Å². The van der Waals surface area contributed by atoms with Crippen LogP contribution in [0.3, 0.4) is 0 Å². The molecule has 1 aromatic heterocycles. The zero-order valence-corrected chi connectivity index (χ0v) is 21.6. The van der Waals surface area contributed by atoms with Crippen molar-refractivity contribution in [2.45, 2.75) is 36.4 Å². The molecule has 1 heterocycles. The number of aromatic nitrogens is 1. The molecule has 2 aromatic rings. The van der Waals surface area contributed by atoms with Gasteiger partial charge in [-0.05, 0) is 67.3 Å². The first-order valence-corrected chi connectivity index (χ1v) is 18.5. The second kappa shape index (κ2) is 7.23. The predicted octanol–water partition coefficient (Wildman–Crippen LogP) is 5.28. The molecule has 0 saturated heterocycles. The van der Waals surface area contributed by atoms with Crippen molar-refractivity contribution in [3.8, 4) is 11.3 Å². The maximum Gasteiger partial charge on any atom is 0.213 e. The van der Waals surface area contributed by atoms with E-state index < -0.39 is 28.1 Å². The molecule has 0 saturated carbocycles. The zero-order valence-electron chi connectivity index (χ0n) is 19.0. The van der Waals surface area contributed by atoms with E-state index in [4.69, 9.17) is 0 Å². The fourth-order valence-corrected chi connectivity index (χ4v) is 8.46. The van der Waals surface area contributed by atoms with Crippen molar-refractivity contribution in [2.24, 2.45) is 7.05 Å². The van der Waals surface area contributed by atoms with Crippen LogP contribution < -0.4 is 9.75 Å². The topological polar surface area (TPSA) is 3.88 Å². The highest BCUT2D eigenvalue weighted by Gasteiger charge is 2.28. The molecule has 0 atom stereocenters. The zero-order chi connectivity index (χ0) is 20.9. The van der Waals surface area contributed by atoms with E-state index in [0.29, 0.717) is 0 Å². The summed E-state index contributed by atoms with van der Waals surface area (Å²) in [7, 11) is -1.34. The molecular formula is C22H37FNS2Si+. The molecule has 0 radical (unpaired) electrons. The van der Waals surface area contributed by atoms with E-state index >= 15 is 0 Å². The van der Waals surface area contributed by atoms with Gasteiger partial charge in [0.05, 0.1) is 13.0 Å². The average molecular weight is 427 g/mol. The van der Waals surface area contributed by atoms with Gasteiger partial charge in [0.25, 0.3) is 0 Å². The average Bonchev–Trinajstić information content (AvgIpc) is 2.44. The molecule has 0 N–H and O–H groups in total. The Hall–Kier alpha value is -0.783. The lowest BCUT2D eigenvalue weighted by molar-refractivity contribution is -0.662. The Morgan fingerprint density at radius 3 is 1.81 bits per heavy atom. The van der Waals surface area contributed by atoms with Crippen molar-refractivity contribution in [1.82, 2.24) is 0 Å². The van der Waals surface area contributed by atoms with E-state index in [1.54, 1.807) is 6.07 Å². The minimum atomic E-state index is -1.75. The van der Waals surface area contributed by atoms with E-state index in [1.807, 2.05) is 6.92 Å². The second-order valence-electron chi connectivity index (χ2n) is 10.1. The molecule has 0 amide bonds. The quantitative estimate of drug-likeness (QED) is 0.463. The third kappa shape index (κ3) is 4.80. The number of benzene rings is 1. The van der Waals surface area contributed by atoms with Crippen LogP contribution in [0.4, 0.5) is 4.39 Å². The van der Waals surface area contributed by atoms with Gasteiger partial charge in [-0.25, -0.2) is 24.4 Å². The Balaban J connectivity index is 2.85. The van der Waals surface area contributed by atoms with Gasteiger partial charge in [0.15, 0.2) is 6.20 Å². The van der Waals surface area contributed by atoms with E-state index in [-0.39, 0.29) is 5.82 Å². The van der Waals surface area contributed by atoms with E-state index in [9.17, 15) is 4.39 Å².